The Morgan fingerprint density at radius 3 is 2.00 bits per heavy atom. The van der Waals surface area contributed by atoms with E-state index in [1.165, 1.54) is 0 Å². The van der Waals surface area contributed by atoms with E-state index in [-0.39, 0.29) is 12.2 Å². The van der Waals surface area contributed by atoms with E-state index in [0.29, 0.717) is 29.9 Å². The molecule has 0 saturated carbocycles. The number of anilines is 1. The van der Waals surface area contributed by atoms with Crippen LogP contribution in [0.3, 0.4) is 0 Å². The van der Waals surface area contributed by atoms with Crippen LogP contribution in [0.1, 0.15) is 12.8 Å². The summed E-state index contributed by atoms with van der Waals surface area (Å²) in [4.78, 5) is 25.4. The zero-order valence-corrected chi connectivity index (χ0v) is 10.7. The van der Waals surface area contributed by atoms with Crippen molar-refractivity contribution in [1.29, 1.82) is 0 Å². The Hall–Kier alpha value is -1.89. The van der Waals surface area contributed by atoms with Gasteiger partial charge in [0.1, 0.15) is 0 Å². The molecule has 3 aliphatic heterocycles. The average Bonchev–Trinajstić information content (AvgIpc) is 3.09. The van der Waals surface area contributed by atoms with Gasteiger partial charge in [-0.05, 0) is 12.8 Å². The summed E-state index contributed by atoms with van der Waals surface area (Å²) in [5, 5.41) is 0. The van der Waals surface area contributed by atoms with Crippen LogP contribution in [0.4, 0.5) is 18.9 Å². The van der Waals surface area contributed by atoms with Crippen molar-refractivity contribution in [3.8, 4) is 0 Å². The van der Waals surface area contributed by atoms with Crippen LogP contribution in [0, 0.1) is 29.3 Å². The molecule has 110 valence electrons. The van der Waals surface area contributed by atoms with E-state index in [2.05, 4.69) is 0 Å². The molecule has 0 spiro atoms. The highest BCUT2D eigenvalue weighted by Gasteiger charge is 2.62. The van der Waals surface area contributed by atoms with Crippen LogP contribution in [-0.2, 0) is 14.3 Å². The van der Waals surface area contributed by atoms with Crippen molar-refractivity contribution in [2.45, 2.75) is 25.0 Å². The molecular formula is C14H10F3NO3. The maximum Gasteiger partial charge on any atom is 0.240 e. The first-order valence-electron chi connectivity index (χ1n) is 6.67. The summed E-state index contributed by atoms with van der Waals surface area (Å²) in [5.41, 5.74) is -0.530. The molecule has 0 aromatic heterocycles. The maximum atomic E-state index is 13.8. The first kappa shape index (κ1) is 12.8. The van der Waals surface area contributed by atoms with Gasteiger partial charge in [-0.25, -0.2) is 18.1 Å². The fourth-order valence-corrected chi connectivity index (χ4v) is 3.63. The Balaban J connectivity index is 1.79. The molecule has 3 aliphatic rings. The lowest BCUT2D eigenvalue weighted by Crippen LogP contribution is -2.35. The number of rotatable bonds is 1. The highest BCUT2D eigenvalue weighted by Crippen LogP contribution is 2.49. The van der Waals surface area contributed by atoms with Gasteiger partial charge in [-0.1, -0.05) is 0 Å². The van der Waals surface area contributed by atoms with Crippen LogP contribution in [0.5, 0.6) is 0 Å². The molecular weight excluding hydrogens is 287 g/mol. The number of nitrogens with zero attached hydrogens (tertiary/aromatic N) is 1. The highest BCUT2D eigenvalue weighted by molar-refractivity contribution is 6.22. The molecule has 4 nitrogen and oxygen atoms in total. The van der Waals surface area contributed by atoms with Gasteiger partial charge in [-0.15, -0.1) is 0 Å². The zero-order chi connectivity index (χ0) is 14.9. The molecule has 4 rings (SSSR count). The predicted octanol–water partition coefficient (Wildman–Crippen LogP) is 1.77. The van der Waals surface area contributed by atoms with Gasteiger partial charge in [0.2, 0.25) is 11.8 Å². The van der Waals surface area contributed by atoms with Crippen molar-refractivity contribution in [3.63, 3.8) is 0 Å². The highest BCUT2D eigenvalue weighted by atomic mass is 19.2. The van der Waals surface area contributed by atoms with Gasteiger partial charge in [-0.2, -0.15) is 0 Å². The molecule has 0 aliphatic carbocycles. The van der Waals surface area contributed by atoms with Crippen molar-refractivity contribution in [3.05, 3.63) is 29.6 Å². The number of imide groups is 1. The molecule has 3 heterocycles. The Morgan fingerprint density at radius 2 is 1.43 bits per heavy atom. The molecule has 1 aromatic rings. The molecule has 3 fully saturated rings. The Labute approximate surface area is 117 Å². The minimum absolute atomic E-state index is 0.338. The van der Waals surface area contributed by atoms with Gasteiger partial charge < -0.3 is 4.74 Å². The number of halogens is 3. The minimum Gasteiger partial charge on any atom is -0.373 e. The molecule has 7 heteroatoms. The number of benzene rings is 1. The van der Waals surface area contributed by atoms with Gasteiger partial charge in [0.05, 0.1) is 29.7 Å². The first-order chi connectivity index (χ1) is 9.99. The van der Waals surface area contributed by atoms with Crippen molar-refractivity contribution < 1.29 is 27.5 Å². The van der Waals surface area contributed by atoms with Gasteiger partial charge in [0.15, 0.2) is 17.5 Å². The van der Waals surface area contributed by atoms with Crippen LogP contribution >= 0.6 is 0 Å². The summed E-state index contributed by atoms with van der Waals surface area (Å²) in [6, 6.07) is 0.884. The monoisotopic (exact) mass is 297 g/mol. The van der Waals surface area contributed by atoms with E-state index in [4.69, 9.17) is 4.74 Å². The molecule has 4 unspecified atom stereocenters. The van der Waals surface area contributed by atoms with Gasteiger partial charge in [-0.3, -0.25) is 9.59 Å². The minimum atomic E-state index is -1.36. The second-order valence-electron chi connectivity index (χ2n) is 5.57. The van der Waals surface area contributed by atoms with E-state index >= 15 is 0 Å². The first-order valence-corrected chi connectivity index (χ1v) is 6.67. The average molecular weight is 297 g/mol. The second-order valence-corrected chi connectivity index (χ2v) is 5.57. The number of hydrogen-bond donors (Lipinski definition) is 0. The summed E-state index contributed by atoms with van der Waals surface area (Å²) < 4.78 is 45.7. The van der Waals surface area contributed by atoms with Gasteiger partial charge in [0.25, 0.3) is 0 Å². The molecule has 3 saturated heterocycles. The number of carbonyl (C=O) groups excluding carboxylic acids is 2. The van der Waals surface area contributed by atoms with E-state index in [1.54, 1.807) is 0 Å². The lowest BCUT2D eigenvalue weighted by Gasteiger charge is -2.18. The van der Waals surface area contributed by atoms with Gasteiger partial charge >= 0.3 is 0 Å². The third-order valence-electron chi connectivity index (χ3n) is 4.51. The second kappa shape index (κ2) is 4.07. The smallest absolute Gasteiger partial charge is 0.240 e. The van der Waals surface area contributed by atoms with Crippen molar-refractivity contribution in [2.75, 3.05) is 4.90 Å². The number of amides is 2. The Bertz CT molecular complexity index is 650. The van der Waals surface area contributed by atoms with E-state index < -0.39 is 46.8 Å². The third kappa shape index (κ3) is 1.55. The summed E-state index contributed by atoms with van der Waals surface area (Å²) in [6.07, 6.45) is 0.683. The number of ether oxygens (including phenoxy) is 1. The van der Waals surface area contributed by atoms with Crippen LogP contribution in [-0.4, -0.2) is 24.0 Å². The normalized spacial score (nSPS) is 34.0. The van der Waals surface area contributed by atoms with E-state index in [1.807, 2.05) is 0 Å². The summed E-state index contributed by atoms with van der Waals surface area (Å²) in [7, 11) is 0. The number of carbonyl (C=O) groups is 2. The predicted molar refractivity (Wildman–Crippen MR) is 63.7 cm³/mol. The topological polar surface area (TPSA) is 46.6 Å². The summed E-state index contributed by atoms with van der Waals surface area (Å²) in [5.74, 6) is -6.26. The fraction of sp³-hybridized carbons (Fsp3) is 0.429. The van der Waals surface area contributed by atoms with Crippen molar-refractivity contribution in [2.24, 2.45) is 11.8 Å². The van der Waals surface area contributed by atoms with Crippen molar-refractivity contribution in [1.82, 2.24) is 0 Å². The molecule has 0 N–H and O–H groups in total. The number of hydrogen-bond acceptors (Lipinski definition) is 3. The lowest BCUT2D eigenvalue weighted by atomic mass is 9.81. The van der Waals surface area contributed by atoms with Crippen molar-refractivity contribution >= 4 is 17.5 Å². The molecule has 21 heavy (non-hydrogen) atoms. The Morgan fingerprint density at radius 1 is 0.905 bits per heavy atom. The van der Waals surface area contributed by atoms with E-state index in [9.17, 15) is 22.8 Å². The van der Waals surface area contributed by atoms with E-state index in [0.717, 1.165) is 0 Å². The maximum absolute atomic E-state index is 13.8. The number of fused-ring (bicyclic) bond motifs is 5. The standard InChI is InChI=1S/C14H10F3NO3/c15-5-3-7(17)8(4-6(5)16)18-13(19)11-9-1-2-10(21-9)12(11)14(18)20/h3-4,9-12H,1-2H2. The molecule has 2 bridgehead atoms. The van der Waals surface area contributed by atoms with Crippen LogP contribution in [0.15, 0.2) is 12.1 Å². The molecule has 0 radical (unpaired) electrons. The quantitative estimate of drug-likeness (QED) is 0.586. The fourth-order valence-electron chi connectivity index (χ4n) is 3.63. The molecule has 4 atom stereocenters. The zero-order valence-electron chi connectivity index (χ0n) is 10.7. The van der Waals surface area contributed by atoms with Crippen LogP contribution < -0.4 is 4.90 Å². The van der Waals surface area contributed by atoms with Crippen LogP contribution in [0.25, 0.3) is 0 Å². The molecule has 2 amide bonds. The SMILES string of the molecule is O=C1C2C3CCC(O3)C2C(=O)N1c1cc(F)c(F)cc1F. The largest absolute Gasteiger partial charge is 0.373 e. The summed E-state index contributed by atoms with van der Waals surface area (Å²) in [6.45, 7) is 0. The Kier molecular flexibility index (Phi) is 2.48. The van der Waals surface area contributed by atoms with Gasteiger partial charge in [0, 0.05) is 12.1 Å². The summed E-state index contributed by atoms with van der Waals surface area (Å²) >= 11 is 0. The molecule has 1 aromatic carbocycles. The lowest BCUT2D eigenvalue weighted by molar-refractivity contribution is -0.124. The third-order valence-corrected chi connectivity index (χ3v) is 4.51. The van der Waals surface area contributed by atoms with Crippen LogP contribution in [0.2, 0.25) is 0 Å².